The molecule has 2 aliphatic heterocycles. The third-order valence-corrected chi connectivity index (χ3v) is 12.0. The van der Waals surface area contributed by atoms with Gasteiger partial charge in [0.05, 0.1) is 6.61 Å². The topological polar surface area (TPSA) is 153 Å². The van der Waals surface area contributed by atoms with E-state index in [4.69, 9.17) is 14.8 Å². The number of aliphatic hydroxyl groups is 2. The molecule has 3 aromatic heterocycles. The fraction of sp³-hybridized carbons (Fsp3) is 0.583. The third kappa shape index (κ3) is 4.87. The van der Waals surface area contributed by atoms with Crippen LogP contribution in [0.2, 0.25) is 0 Å². The molecule has 11 nitrogen and oxygen atoms in total. The summed E-state index contributed by atoms with van der Waals surface area (Å²) >= 11 is -0.114. The first-order valence-corrected chi connectivity index (χ1v) is 15.9. The molecule has 0 radical (unpaired) electrons. The van der Waals surface area contributed by atoms with Crippen molar-refractivity contribution >= 4 is 41.4 Å². The van der Waals surface area contributed by atoms with E-state index in [-0.39, 0.29) is 33.7 Å². The number of hydrogen-bond acceptors (Lipinski definition) is 8. The van der Waals surface area contributed by atoms with Crippen LogP contribution >= 0.6 is 0 Å². The van der Waals surface area contributed by atoms with Crippen LogP contribution in [0.5, 0.6) is 0 Å². The summed E-state index contributed by atoms with van der Waals surface area (Å²) < 4.78 is 36.4. The number of nitrogens with zero attached hydrogens (tertiary/aromatic N) is 3. The molecule has 0 bridgehead atoms. The Hall–Kier alpha value is -1.83. The van der Waals surface area contributed by atoms with E-state index in [0.717, 1.165) is 44.1 Å². The summed E-state index contributed by atoms with van der Waals surface area (Å²) in [7, 11) is -3.56. The fourth-order valence-corrected chi connectivity index (χ4v) is 9.50. The van der Waals surface area contributed by atoms with Gasteiger partial charge in [-0.2, -0.15) is 0 Å². The summed E-state index contributed by atoms with van der Waals surface area (Å²) in [4.78, 5) is 12.6. The van der Waals surface area contributed by atoms with Gasteiger partial charge in [-0.3, -0.25) is 0 Å². The molecule has 3 fully saturated rings. The molecule has 3 atom stereocenters. The average Bonchev–Trinajstić information content (AvgIpc) is 3.67. The molecule has 0 aromatic carbocycles. The molecule has 1 saturated carbocycles. The zero-order valence-electron chi connectivity index (χ0n) is 20.4. The number of aromatic amines is 1. The first kappa shape index (κ1) is 25.4. The maximum absolute atomic E-state index is 12.5. The van der Waals surface area contributed by atoms with Crippen LogP contribution in [0.4, 0.5) is 5.69 Å². The van der Waals surface area contributed by atoms with Gasteiger partial charge in [0.1, 0.15) is 0 Å². The number of aromatic nitrogens is 3. The second kappa shape index (κ2) is 10.0. The van der Waals surface area contributed by atoms with Gasteiger partial charge in [0.25, 0.3) is 0 Å². The Bertz CT molecular complexity index is 1360. The molecule has 1 aliphatic carbocycles. The molecule has 3 aliphatic rings. The Balaban J connectivity index is 1.22. The summed E-state index contributed by atoms with van der Waals surface area (Å²) in [5.74, 6) is 0.582. The van der Waals surface area contributed by atoms with Gasteiger partial charge in [0, 0.05) is 0 Å². The van der Waals surface area contributed by atoms with E-state index in [1.54, 1.807) is 0 Å². The molecule has 0 spiro atoms. The van der Waals surface area contributed by atoms with E-state index >= 15 is 0 Å². The Morgan fingerprint density at radius 1 is 1.19 bits per heavy atom. The van der Waals surface area contributed by atoms with Gasteiger partial charge < -0.3 is 5.11 Å². The van der Waals surface area contributed by atoms with Crippen molar-refractivity contribution < 1.29 is 23.4 Å². The molecule has 2 saturated heterocycles. The zero-order chi connectivity index (χ0) is 25.6. The van der Waals surface area contributed by atoms with Gasteiger partial charge in [-0.05, 0) is 0 Å². The van der Waals surface area contributed by atoms with Crippen molar-refractivity contribution in [1.82, 2.24) is 24.0 Å². The van der Waals surface area contributed by atoms with Crippen LogP contribution in [0, 0.1) is 11.8 Å². The molecule has 5 heterocycles. The third-order valence-electron chi connectivity index (χ3n) is 7.90. The van der Waals surface area contributed by atoms with Gasteiger partial charge in [-0.15, -0.1) is 0 Å². The number of H-pyrrole nitrogens is 1. The van der Waals surface area contributed by atoms with Crippen molar-refractivity contribution in [1.29, 1.82) is 0 Å². The first-order valence-electron chi connectivity index (χ1n) is 12.7. The monoisotopic (exact) mass is 596 g/mol. The van der Waals surface area contributed by atoms with Crippen LogP contribution in [-0.4, -0.2) is 97.9 Å². The molecule has 5 N–H and O–H groups in total. The molecule has 0 amide bonds. The van der Waals surface area contributed by atoms with Crippen molar-refractivity contribution in [2.24, 2.45) is 11.8 Å². The molecule has 3 aromatic rings. The van der Waals surface area contributed by atoms with E-state index in [9.17, 15) is 13.5 Å². The minimum atomic E-state index is -3.56. The molecular formula is C24H32N6O5SSe. The summed E-state index contributed by atoms with van der Waals surface area (Å²) in [6.07, 6.45) is 8.53. The predicted octanol–water partition coefficient (Wildman–Crippen LogP) is 0.629. The van der Waals surface area contributed by atoms with Gasteiger partial charge in [0.15, 0.2) is 0 Å². The number of aliphatic hydroxyl groups excluding tert-OH is 1. The first-order chi connectivity index (χ1) is 17.9. The fourth-order valence-electron chi connectivity index (χ4n) is 5.94. The van der Waals surface area contributed by atoms with E-state index in [1.165, 1.54) is 4.31 Å². The van der Waals surface area contributed by atoms with Crippen molar-refractivity contribution in [2.45, 2.75) is 37.3 Å². The summed E-state index contributed by atoms with van der Waals surface area (Å²) in [5.41, 5.74) is 1.92. The Labute approximate surface area is 221 Å². The van der Waals surface area contributed by atoms with Crippen LogP contribution in [0.1, 0.15) is 30.1 Å². The number of hydrogen-bond donors (Lipinski definition) is 5. The second-order valence-corrected chi connectivity index (χ2v) is 14.2. The standard InChI is InChI=1S/C24H32N6O5SSe/c31-6-5-28-36(33,34)30-13-15-9-17(10-16(15)14-30)29-21-18-1-4-25-22(18)26-11-19(21)23-27-12-20(37-23)24(32)2-7-35-8-3-24/h1,4,11-12,15-17,28,31-32H,2-3,5-10,13-14H2,(H2,25,26,29)/t15-,16+,17?. The number of ether oxygens (including phenoxy) is 1. The second-order valence-electron chi connectivity index (χ2n) is 10.2. The van der Waals surface area contributed by atoms with Crippen molar-refractivity contribution in [3.05, 3.63) is 29.1 Å². The number of rotatable bonds is 8. The summed E-state index contributed by atoms with van der Waals surface area (Å²) in [6, 6.07) is 2.24. The average molecular weight is 596 g/mol. The molecule has 37 heavy (non-hydrogen) atoms. The van der Waals surface area contributed by atoms with Crippen LogP contribution < -0.4 is 10.0 Å². The van der Waals surface area contributed by atoms with Crippen LogP contribution in [-0.2, 0) is 20.5 Å². The summed E-state index contributed by atoms with van der Waals surface area (Å²) in [6.45, 7) is 1.93. The number of anilines is 1. The minimum absolute atomic E-state index is 0.0307. The van der Waals surface area contributed by atoms with Gasteiger partial charge in [0.2, 0.25) is 0 Å². The Kier molecular flexibility index (Phi) is 6.91. The quantitative estimate of drug-likeness (QED) is 0.238. The van der Waals surface area contributed by atoms with Gasteiger partial charge in [-0.1, -0.05) is 0 Å². The van der Waals surface area contributed by atoms with Crippen molar-refractivity contribution in [3.8, 4) is 10.1 Å². The molecule has 6 rings (SSSR count). The van der Waals surface area contributed by atoms with Crippen LogP contribution in [0.25, 0.3) is 21.2 Å². The van der Waals surface area contributed by atoms with E-state index in [2.05, 4.69) is 20.0 Å². The van der Waals surface area contributed by atoms with Crippen LogP contribution in [0.3, 0.4) is 0 Å². The Morgan fingerprint density at radius 2 is 1.95 bits per heavy atom. The predicted molar refractivity (Wildman–Crippen MR) is 139 cm³/mol. The molecule has 200 valence electrons. The van der Waals surface area contributed by atoms with E-state index in [0.29, 0.717) is 51.0 Å². The van der Waals surface area contributed by atoms with E-state index in [1.807, 2.05) is 24.7 Å². The zero-order valence-corrected chi connectivity index (χ0v) is 22.9. The van der Waals surface area contributed by atoms with Gasteiger partial charge in [-0.25, -0.2) is 0 Å². The van der Waals surface area contributed by atoms with Crippen LogP contribution in [0.15, 0.2) is 24.7 Å². The van der Waals surface area contributed by atoms with Crippen molar-refractivity contribution in [3.63, 3.8) is 0 Å². The summed E-state index contributed by atoms with van der Waals surface area (Å²) in [5, 5.41) is 24.9. The SMILES string of the molecule is O=S(=O)(NCCO)N1C[C@H]2CC(Nc3c(-c4ncc(C5(O)CCOCC5)[se]4)cnc4[nH]ccc34)C[C@H]2C1. The maximum atomic E-state index is 12.5. The number of pyridine rings is 1. The van der Waals surface area contributed by atoms with Crippen molar-refractivity contribution in [2.75, 3.05) is 44.8 Å². The Morgan fingerprint density at radius 3 is 2.68 bits per heavy atom. The number of nitrogens with one attached hydrogen (secondary N) is 3. The molecule has 1 unspecified atom stereocenters. The van der Waals surface area contributed by atoms with E-state index < -0.39 is 15.8 Å². The normalized spacial score (nSPS) is 26.1. The molecular weight excluding hydrogens is 563 g/mol. The van der Waals surface area contributed by atoms with Gasteiger partial charge >= 0.3 is 210 Å². The molecule has 13 heteroatoms. The number of fused-ring (bicyclic) bond motifs is 2.